The second kappa shape index (κ2) is 5.76. The number of ether oxygens (including phenoxy) is 2. The predicted molar refractivity (Wildman–Crippen MR) is 77.5 cm³/mol. The zero-order valence-corrected chi connectivity index (χ0v) is 12.1. The molecular weight excluding hydrogens is 289 g/mol. The molecule has 1 atom stereocenters. The molecule has 1 saturated heterocycles. The third kappa shape index (κ3) is 2.43. The summed E-state index contributed by atoms with van der Waals surface area (Å²) < 4.78 is 24.7. The lowest BCUT2D eigenvalue weighted by Crippen LogP contribution is -2.09. The lowest BCUT2D eigenvalue weighted by Gasteiger charge is -2.09. The molecule has 0 radical (unpaired) electrons. The van der Waals surface area contributed by atoms with Crippen LogP contribution in [0.3, 0.4) is 0 Å². The molecule has 0 bridgehead atoms. The average Bonchev–Trinajstić information content (AvgIpc) is 3.15. The zero-order valence-electron chi connectivity index (χ0n) is 12.1. The summed E-state index contributed by atoms with van der Waals surface area (Å²) in [5.74, 6) is -0.549. The normalized spacial score (nSPS) is 17.6. The molecule has 7 heteroatoms. The van der Waals surface area contributed by atoms with Crippen molar-refractivity contribution in [2.45, 2.75) is 12.3 Å². The first kappa shape index (κ1) is 14.5. The molecule has 2 N–H and O–H groups in total. The molecular formula is C15H16FN3O3. The minimum atomic E-state index is -0.547. The van der Waals surface area contributed by atoms with Gasteiger partial charge in [-0.05, 0) is 30.7 Å². The molecule has 22 heavy (non-hydrogen) atoms. The summed E-state index contributed by atoms with van der Waals surface area (Å²) in [6.45, 7) is 1.11. The van der Waals surface area contributed by atoms with Gasteiger partial charge in [-0.2, -0.15) is 5.10 Å². The van der Waals surface area contributed by atoms with Gasteiger partial charge in [-0.25, -0.2) is 13.9 Å². The number of carbonyl (C=O) groups is 1. The van der Waals surface area contributed by atoms with Crippen molar-refractivity contribution in [3.05, 3.63) is 41.3 Å². The van der Waals surface area contributed by atoms with Crippen LogP contribution >= 0.6 is 0 Å². The highest BCUT2D eigenvalue weighted by Crippen LogP contribution is 2.34. The topological polar surface area (TPSA) is 79.4 Å². The Morgan fingerprint density at radius 1 is 1.45 bits per heavy atom. The summed E-state index contributed by atoms with van der Waals surface area (Å²) >= 11 is 0. The number of rotatable bonds is 3. The van der Waals surface area contributed by atoms with Gasteiger partial charge in [0.25, 0.3) is 0 Å². The van der Waals surface area contributed by atoms with E-state index in [1.807, 2.05) is 0 Å². The smallest absolute Gasteiger partial charge is 0.358 e. The van der Waals surface area contributed by atoms with Gasteiger partial charge in [0.05, 0.1) is 19.4 Å². The lowest BCUT2D eigenvalue weighted by atomic mass is 9.98. The van der Waals surface area contributed by atoms with E-state index in [9.17, 15) is 9.18 Å². The minimum absolute atomic E-state index is 0.00305. The fourth-order valence-corrected chi connectivity index (χ4v) is 2.63. The Kier molecular flexibility index (Phi) is 3.81. The molecule has 1 unspecified atom stereocenters. The summed E-state index contributed by atoms with van der Waals surface area (Å²) in [5.41, 5.74) is 7.58. The van der Waals surface area contributed by atoms with Crippen LogP contribution in [0.1, 0.15) is 28.4 Å². The highest BCUT2D eigenvalue weighted by molar-refractivity contribution is 5.91. The highest BCUT2D eigenvalue weighted by Gasteiger charge is 2.31. The second-order valence-electron chi connectivity index (χ2n) is 5.09. The molecule has 0 aliphatic carbocycles. The number of esters is 1. The van der Waals surface area contributed by atoms with E-state index >= 15 is 0 Å². The maximum atomic E-state index is 13.1. The number of carbonyl (C=O) groups excluding carboxylic acids is 1. The molecule has 1 aliphatic heterocycles. The van der Waals surface area contributed by atoms with Gasteiger partial charge in [0.1, 0.15) is 11.6 Å². The third-order valence-corrected chi connectivity index (χ3v) is 3.75. The van der Waals surface area contributed by atoms with Crippen LogP contribution in [-0.4, -0.2) is 36.1 Å². The Balaban J connectivity index is 2.11. The number of anilines is 1. The first-order valence-corrected chi connectivity index (χ1v) is 6.92. The zero-order chi connectivity index (χ0) is 15.7. The molecule has 116 valence electrons. The van der Waals surface area contributed by atoms with Crippen molar-refractivity contribution in [3.63, 3.8) is 0 Å². The average molecular weight is 305 g/mol. The van der Waals surface area contributed by atoms with Crippen LogP contribution in [-0.2, 0) is 9.47 Å². The fraction of sp³-hybridized carbons (Fsp3) is 0.333. The quantitative estimate of drug-likeness (QED) is 0.876. The van der Waals surface area contributed by atoms with E-state index in [1.165, 1.54) is 23.9 Å². The molecule has 3 rings (SSSR count). The number of halogens is 1. The molecule has 1 aliphatic rings. The van der Waals surface area contributed by atoms with Crippen molar-refractivity contribution in [2.24, 2.45) is 0 Å². The monoisotopic (exact) mass is 305 g/mol. The van der Waals surface area contributed by atoms with Gasteiger partial charge < -0.3 is 15.2 Å². The van der Waals surface area contributed by atoms with E-state index in [0.29, 0.717) is 30.3 Å². The number of nitrogens with zero attached hydrogens (tertiary/aromatic N) is 2. The van der Waals surface area contributed by atoms with Crippen LogP contribution in [0.15, 0.2) is 24.3 Å². The van der Waals surface area contributed by atoms with Crippen LogP contribution in [0.4, 0.5) is 10.2 Å². The Morgan fingerprint density at radius 2 is 2.18 bits per heavy atom. The van der Waals surface area contributed by atoms with Crippen molar-refractivity contribution in [1.29, 1.82) is 0 Å². The Hall–Kier alpha value is -2.41. The van der Waals surface area contributed by atoms with Crippen molar-refractivity contribution >= 4 is 11.8 Å². The minimum Gasteiger partial charge on any atom is -0.464 e. The molecule has 2 aromatic rings. The Morgan fingerprint density at radius 3 is 2.77 bits per heavy atom. The summed E-state index contributed by atoms with van der Waals surface area (Å²) in [4.78, 5) is 12.0. The van der Waals surface area contributed by atoms with E-state index in [-0.39, 0.29) is 17.4 Å². The van der Waals surface area contributed by atoms with Crippen molar-refractivity contribution in [2.75, 3.05) is 26.1 Å². The van der Waals surface area contributed by atoms with Gasteiger partial charge in [0.2, 0.25) is 0 Å². The summed E-state index contributed by atoms with van der Waals surface area (Å²) in [5, 5.41) is 4.26. The molecule has 1 fully saturated rings. The third-order valence-electron chi connectivity index (χ3n) is 3.75. The number of hydrogen-bond donors (Lipinski definition) is 1. The maximum Gasteiger partial charge on any atom is 0.358 e. The lowest BCUT2D eigenvalue weighted by molar-refractivity contribution is 0.0591. The number of methoxy groups -OCH3 is 1. The number of benzene rings is 1. The Bertz CT molecular complexity index is 691. The fourth-order valence-electron chi connectivity index (χ4n) is 2.63. The van der Waals surface area contributed by atoms with E-state index in [4.69, 9.17) is 15.2 Å². The van der Waals surface area contributed by atoms with E-state index in [2.05, 4.69) is 5.10 Å². The molecule has 0 amide bonds. The van der Waals surface area contributed by atoms with Gasteiger partial charge in [-0.3, -0.25) is 0 Å². The van der Waals surface area contributed by atoms with E-state index in [1.54, 1.807) is 12.1 Å². The van der Waals surface area contributed by atoms with Crippen molar-refractivity contribution < 1.29 is 18.7 Å². The Labute approximate surface area is 126 Å². The summed E-state index contributed by atoms with van der Waals surface area (Å²) in [7, 11) is 1.30. The molecule has 0 spiro atoms. The summed E-state index contributed by atoms with van der Waals surface area (Å²) in [6.07, 6.45) is 0.767. The van der Waals surface area contributed by atoms with Crippen molar-refractivity contribution in [3.8, 4) is 5.69 Å². The largest absolute Gasteiger partial charge is 0.464 e. The van der Waals surface area contributed by atoms with Gasteiger partial charge in [0.15, 0.2) is 5.69 Å². The summed E-state index contributed by atoms with van der Waals surface area (Å²) in [6, 6.07) is 5.72. The SMILES string of the molecule is COC(=O)c1nn(-c2ccc(F)cc2)c(N)c1C1CCOC1. The molecule has 1 aromatic heterocycles. The number of aromatic nitrogens is 2. The van der Waals surface area contributed by atoms with Gasteiger partial charge in [-0.15, -0.1) is 0 Å². The number of nitrogen functional groups attached to an aromatic ring is 1. The van der Waals surface area contributed by atoms with Crippen LogP contribution < -0.4 is 5.73 Å². The second-order valence-corrected chi connectivity index (χ2v) is 5.09. The first-order chi connectivity index (χ1) is 10.6. The standard InChI is InChI=1S/C15H16FN3O3/c1-21-15(20)13-12(9-6-7-22-8-9)14(17)19(18-13)11-4-2-10(16)3-5-11/h2-5,9H,6-8,17H2,1H3. The van der Waals surface area contributed by atoms with E-state index in [0.717, 1.165) is 6.42 Å². The van der Waals surface area contributed by atoms with Crippen LogP contribution in [0.5, 0.6) is 0 Å². The first-order valence-electron chi connectivity index (χ1n) is 6.92. The molecule has 1 aromatic carbocycles. The van der Waals surface area contributed by atoms with Gasteiger partial charge in [0, 0.05) is 18.1 Å². The van der Waals surface area contributed by atoms with Crippen LogP contribution in [0.25, 0.3) is 5.69 Å². The van der Waals surface area contributed by atoms with Gasteiger partial charge >= 0.3 is 5.97 Å². The number of nitrogens with two attached hydrogens (primary N) is 1. The van der Waals surface area contributed by atoms with Crippen molar-refractivity contribution in [1.82, 2.24) is 9.78 Å². The van der Waals surface area contributed by atoms with Crippen LogP contribution in [0, 0.1) is 5.82 Å². The van der Waals surface area contributed by atoms with Crippen LogP contribution in [0.2, 0.25) is 0 Å². The molecule has 2 heterocycles. The van der Waals surface area contributed by atoms with E-state index < -0.39 is 5.97 Å². The number of hydrogen-bond acceptors (Lipinski definition) is 5. The maximum absolute atomic E-state index is 13.1. The van der Waals surface area contributed by atoms with Gasteiger partial charge in [-0.1, -0.05) is 0 Å². The molecule has 6 nitrogen and oxygen atoms in total. The molecule has 0 saturated carbocycles. The highest BCUT2D eigenvalue weighted by atomic mass is 19.1. The predicted octanol–water partition coefficient (Wildman–Crippen LogP) is 1.88.